The molecule has 0 fully saturated rings. The summed E-state index contributed by atoms with van der Waals surface area (Å²) in [5.41, 5.74) is 9.32. The van der Waals surface area contributed by atoms with Crippen molar-refractivity contribution in [1.29, 1.82) is 0 Å². The molecule has 15 heavy (non-hydrogen) atoms. The fraction of sp³-hybridized carbons (Fsp3) is 0.250. The molecule has 0 aliphatic rings. The molecule has 0 spiro atoms. The number of hydrogen-bond acceptors (Lipinski definition) is 2. The van der Waals surface area contributed by atoms with E-state index in [2.05, 4.69) is 41.6 Å². The van der Waals surface area contributed by atoms with Crippen LogP contribution < -0.4 is 5.73 Å². The van der Waals surface area contributed by atoms with Gasteiger partial charge < -0.3 is 10.3 Å². The van der Waals surface area contributed by atoms with Crippen LogP contribution in [-0.4, -0.2) is 9.55 Å². The Kier molecular flexibility index (Phi) is 2.56. The molecule has 2 aromatic rings. The molecule has 3 heteroatoms. The van der Waals surface area contributed by atoms with E-state index in [4.69, 9.17) is 5.73 Å². The summed E-state index contributed by atoms with van der Waals surface area (Å²) < 4.78 is 2.06. The first-order chi connectivity index (χ1) is 7.24. The Morgan fingerprint density at radius 3 is 2.53 bits per heavy atom. The molecular weight excluding hydrogens is 186 g/mol. The third-order valence-corrected chi connectivity index (χ3v) is 2.58. The van der Waals surface area contributed by atoms with Crippen molar-refractivity contribution >= 4 is 0 Å². The van der Waals surface area contributed by atoms with E-state index in [9.17, 15) is 0 Å². The Hall–Kier alpha value is -1.61. The van der Waals surface area contributed by atoms with Crippen molar-refractivity contribution in [3.8, 4) is 5.69 Å². The van der Waals surface area contributed by atoms with Crippen LogP contribution in [0.15, 0.2) is 30.6 Å². The van der Waals surface area contributed by atoms with Crippen molar-refractivity contribution in [2.45, 2.75) is 20.4 Å². The van der Waals surface area contributed by atoms with Gasteiger partial charge in [-0.3, -0.25) is 0 Å². The predicted octanol–water partition coefficient (Wildman–Crippen LogP) is 1.95. The Morgan fingerprint density at radius 1 is 1.27 bits per heavy atom. The molecule has 2 rings (SSSR count). The summed E-state index contributed by atoms with van der Waals surface area (Å²) in [5.74, 6) is 0.896. The number of aryl methyl sites for hydroxylation is 2. The predicted molar refractivity (Wildman–Crippen MR) is 60.9 cm³/mol. The maximum atomic E-state index is 5.65. The van der Waals surface area contributed by atoms with Gasteiger partial charge in [-0.05, 0) is 25.0 Å². The van der Waals surface area contributed by atoms with E-state index in [1.54, 1.807) is 6.20 Å². The Balaban J connectivity index is 2.63. The summed E-state index contributed by atoms with van der Waals surface area (Å²) >= 11 is 0. The lowest BCUT2D eigenvalue weighted by Crippen LogP contribution is -2.08. The van der Waals surface area contributed by atoms with Crippen LogP contribution in [0.25, 0.3) is 5.69 Å². The number of imidazole rings is 1. The minimum Gasteiger partial charge on any atom is -0.324 e. The normalized spacial score (nSPS) is 10.6. The van der Waals surface area contributed by atoms with Crippen LogP contribution in [0.2, 0.25) is 0 Å². The van der Waals surface area contributed by atoms with E-state index in [1.165, 1.54) is 16.8 Å². The molecule has 0 aliphatic carbocycles. The summed E-state index contributed by atoms with van der Waals surface area (Å²) in [6, 6.07) is 6.26. The molecule has 0 atom stereocenters. The molecule has 0 aliphatic heterocycles. The van der Waals surface area contributed by atoms with Crippen molar-refractivity contribution < 1.29 is 0 Å². The van der Waals surface area contributed by atoms with E-state index >= 15 is 0 Å². The maximum absolute atomic E-state index is 5.65. The smallest absolute Gasteiger partial charge is 0.126 e. The first-order valence-electron chi connectivity index (χ1n) is 5.03. The van der Waals surface area contributed by atoms with Gasteiger partial charge in [0.2, 0.25) is 0 Å². The monoisotopic (exact) mass is 201 g/mol. The number of nitrogens with zero attached hydrogens (tertiary/aromatic N) is 2. The highest BCUT2D eigenvalue weighted by atomic mass is 15.1. The quantitative estimate of drug-likeness (QED) is 0.807. The number of hydrogen-bond donors (Lipinski definition) is 1. The van der Waals surface area contributed by atoms with Crippen LogP contribution in [0.4, 0.5) is 0 Å². The fourth-order valence-corrected chi connectivity index (χ4v) is 1.87. The third kappa shape index (κ3) is 1.66. The average Bonchev–Trinajstić information content (AvgIpc) is 2.65. The number of para-hydroxylation sites is 1. The molecule has 0 amide bonds. The maximum Gasteiger partial charge on any atom is 0.126 e. The van der Waals surface area contributed by atoms with Crippen LogP contribution >= 0.6 is 0 Å². The van der Waals surface area contributed by atoms with E-state index in [1.807, 2.05) is 6.20 Å². The first-order valence-corrected chi connectivity index (χ1v) is 5.03. The van der Waals surface area contributed by atoms with Gasteiger partial charge in [0, 0.05) is 12.4 Å². The van der Waals surface area contributed by atoms with Gasteiger partial charge in [0.05, 0.1) is 12.2 Å². The number of nitrogens with two attached hydrogens (primary N) is 1. The number of benzene rings is 1. The number of rotatable bonds is 2. The van der Waals surface area contributed by atoms with Crippen LogP contribution in [-0.2, 0) is 6.54 Å². The zero-order chi connectivity index (χ0) is 10.8. The lowest BCUT2D eigenvalue weighted by Gasteiger charge is -2.12. The van der Waals surface area contributed by atoms with E-state index in [-0.39, 0.29) is 0 Å². The molecule has 0 saturated carbocycles. The van der Waals surface area contributed by atoms with E-state index in [0.29, 0.717) is 6.54 Å². The van der Waals surface area contributed by atoms with Crippen LogP contribution in [0.5, 0.6) is 0 Å². The second kappa shape index (κ2) is 3.87. The molecule has 3 nitrogen and oxygen atoms in total. The lowest BCUT2D eigenvalue weighted by molar-refractivity contribution is 0.859. The minimum atomic E-state index is 0.459. The summed E-state index contributed by atoms with van der Waals surface area (Å²) in [4.78, 5) is 4.23. The van der Waals surface area contributed by atoms with E-state index < -0.39 is 0 Å². The van der Waals surface area contributed by atoms with Gasteiger partial charge in [0.25, 0.3) is 0 Å². The summed E-state index contributed by atoms with van der Waals surface area (Å²) in [5, 5.41) is 0. The van der Waals surface area contributed by atoms with E-state index in [0.717, 1.165) is 5.82 Å². The highest BCUT2D eigenvalue weighted by molar-refractivity contribution is 5.47. The van der Waals surface area contributed by atoms with Gasteiger partial charge >= 0.3 is 0 Å². The van der Waals surface area contributed by atoms with Crippen molar-refractivity contribution in [1.82, 2.24) is 9.55 Å². The first kappa shape index (κ1) is 9.93. The second-order valence-corrected chi connectivity index (χ2v) is 3.66. The Morgan fingerprint density at radius 2 is 1.93 bits per heavy atom. The van der Waals surface area contributed by atoms with Crippen molar-refractivity contribution in [3.63, 3.8) is 0 Å². The largest absolute Gasteiger partial charge is 0.324 e. The minimum absolute atomic E-state index is 0.459. The Labute approximate surface area is 89.6 Å². The van der Waals surface area contributed by atoms with Crippen molar-refractivity contribution in [2.24, 2.45) is 5.73 Å². The van der Waals surface area contributed by atoms with Gasteiger partial charge in [0.1, 0.15) is 5.82 Å². The summed E-state index contributed by atoms with van der Waals surface area (Å²) in [6.07, 6.45) is 3.74. The SMILES string of the molecule is Cc1cccc(C)c1-n1ccnc1CN. The molecule has 0 bridgehead atoms. The molecule has 78 valence electrons. The molecule has 0 radical (unpaired) electrons. The highest BCUT2D eigenvalue weighted by Gasteiger charge is 2.07. The van der Waals surface area contributed by atoms with Gasteiger partial charge in [0.15, 0.2) is 0 Å². The molecule has 1 aromatic heterocycles. The second-order valence-electron chi connectivity index (χ2n) is 3.66. The van der Waals surface area contributed by atoms with Gasteiger partial charge in [-0.25, -0.2) is 4.98 Å². The number of aromatic nitrogens is 2. The summed E-state index contributed by atoms with van der Waals surface area (Å²) in [6.45, 7) is 4.66. The fourth-order valence-electron chi connectivity index (χ4n) is 1.87. The molecule has 2 N–H and O–H groups in total. The standard InChI is InChI=1S/C12H15N3/c1-9-4-3-5-10(2)12(9)15-7-6-14-11(15)8-13/h3-7H,8,13H2,1-2H3. The Bertz CT molecular complexity index is 451. The average molecular weight is 201 g/mol. The van der Waals surface area contributed by atoms with Crippen LogP contribution in [0.3, 0.4) is 0 Å². The summed E-state index contributed by atoms with van der Waals surface area (Å²) in [7, 11) is 0. The highest BCUT2D eigenvalue weighted by Crippen LogP contribution is 2.19. The van der Waals surface area contributed by atoms with Crippen LogP contribution in [0, 0.1) is 13.8 Å². The van der Waals surface area contributed by atoms with Gasteiger partial charge in [-0.15, -0.1) is 0 Å². The zero-order valence-electron chi connectivity index (χ0n) is 9.07. The topological polar surface area (TPSA) is 43.8 Å². The van der Waals surface area contributed by atoms with Crippen molar-refractivity contribution in [3.05, 3.63) is 47.5 Å². The molecule has 1 aromatic carbocycles. The zero-order valence-corrected chi connectivity index (χ0v) is 9.07. The van der Waals surface area contributed by atoms with Crippen LogP contribution in [0.1, 0.15) is 17.0 Å². The van der Waals surface area contributed by atoms with Gasteiger partial charge in [-0.1, -0.05) is 18.2 Å². The molecular formula is C12H15N3. The van der Waals surface area contributed by atoms with Gasteiger partial charge in [-0.2, -0.15) is 0 Å². The van der Waals surface area contributed by atoms with Crippen molar-refractivity contribution in [2.75, 3.05) is 0 Å². The molecule has 0 unspecified atom stereocenters. The third-order valence-electron chi connectivity index (χ3n) is 2.58. The molecule has 1 heterocycles. The lowest BCUT2D eigenvalue weighted by atomic mass is 10.1. The molecule has 0 saturated heterocycles.